The summed E-state index contributed by atoms with van der Waals surface area (Å²) in [7, 11) is 1.62. The van der Waals surface area contributed by atoms with E-state index >= 15 is 0 Å². The molecule has 140 valence electrons. The third kappa shape index (κ3) is 5.08. The molecule has 1 heterocycles. The predicted molar refractivity (Wildman–Crippen MR) is 115 cm³/mol. The van der Waals surface area contributed by atoms with Gasteiger partial charge in [-0.2, -0.15) is 5.10 Å². The summed E-state index contributed by atoms with van der Waals surface area (Å²) in [6.07, 6.45) is 1.78. The van der Waals surface area contributed by atoms with Crippen LogP contribution in [-0.2, 0) is 0 Å². The summed E-state index contributed by atoms with van der Waals surface area (Å²) in [5.41, 5.74) is 5.86. The fourth-order valence-electron chi connectivity index (χ4n) is 2.38. The van der Waals surface area contributed by atoms with E-state index in [1.807, 2.05) is 61.7 Å². The first-order chi connectivity index (χ1) is 13.1. The lowest BCUT2D eigenvalue weighted by Crippen LogP contribution is -2.07. The minimum atomic E-state index is 0.0655. The summed E-state index contributed by atoms with van der Waals surface area (Å²) < 4.78 is 12.1. The number of hydrogen-bond donors (Lipinski definition) is 1. The van der Waals surface area contributed by atoms with Crippen molar-refractivity contribution in [3.05, 3.63) is 57.9 Å². The van der Waals surface area contributed by atoms with Crippen LogP contribution in [0.2, 0.25) is 0 Å². The van der Waals surface area contributed by atoms with Crippen LogP contribution >= 0.6 is 27.3 Å². The molecule has 3 rings (SSSR count). The number of benzene rings is 2. The van der Waals surface area contributed by atoms with Crippen molar-refractivity contribution in [2.24, 2.45) is 5.10 Å². The maximum absolute atomic E-state index is 5.77. The van der Waals surface area contributed by atoms with Crippen molar-refractivity contribution in [3.63, 3.8) is 0 Å². The van der Waals surface area contributed by atoms with Crippen molar-refractivity contribution < 1.29 is 9.47 Å². The second-order valence-corrected chi connectivity index (χ2v) is 7.68. The first-order valence-corrected chi connectivity index (χ1v) is 10.1. The Balaban J connectivity index is 1.72. The minimum absolute atomic E-state index is 0.0655. The summed E-state index contributed by atoms with van der Waals surface area (Å²) in [6, 6.07) is 13.8. The molecule has 0 aliphatic heterocycles. The Kier molecular flexibility index (Phi) is 6.47. The average molecular weight is 446 g/mol. The van der Waals surface area contributed by atoms with Gasteiger partial charge in [-0.05, 0) is 41.9 Å². The standard InChI is InChI=1S/C20H20BrN3O2S/c1-13(2)26-19-10-16(21)15(9-18(19)25-3)11-22-24-20-23-17(12-27-20)14-7-5-4-6-8-14/h4-13H,1-3H3,(H,23,24). The molecule has 0 atom stereocenters. The Bertz CT molecular complexity index is 926. The van der Waals surface area contributed by atoms with E-state index in [2.05, 4.69) is 31.4 Å². The van der Waals surface area contributed by atoms with Gasteiger partial charge < -0.3 is 9.47 Å². The van der Waals surface area contributed by atoms with Crippen LogP contribution in [0.5, 0.6) is 11.5 Å². The van der Waals surface area contributed by atoms with Crippen LogP contribution in [0.3, 0.4) is 0 Å². The molecule has 0 amide bonds. The van der Waals surface area contributed by atoms with E-state index in [0.29, 0.717) is 11.5 Å². The molecule has 0 aliphatic carbocycles. The van der Waals surface area contributed by atoms with Gasteiger partial charge in [0, 0.05) is 21.0 Å². The van der Waals surface area contributed by atoms with Crippen molar-refractivity contribution in [2.75, 3.05) is 12.5 Å². The number of rotatable bonds is 7. The van der Waals surface area contributed by atoms with E-state index in [4.69, 9.17) is 9.47 Å². The fraction of sp³-hybridized carbons (Fsp3) is 0.200. The number of nitrogens with zero attached hydrogens (tertiary/aromatic N) is 2. The summed E-state index contributed by atoms with van der Waals surface area (Å²) in [5.74, 6) is 1.35. The number of methoxy groups -OCH3 is 1. The van der Waals surface area contributed by atoms with Gasteiger partial charge in [0.05, 0.1) is 25.1 Å². The first-order valence-electron chi connectivity index (χ1n) is 8.41. The van der Waals surface area contributed by atoms with Crippen molar-refractivity contribution in [1.29, 1.82) is 0 Å². The number of hydrogen-bond acceptors (Lipinski definition) is 6. The Morgan fingerprint density at radius 1 is 1.19 bits per heavy atom. The quantitative estimate of drug-likeness (QED) is 0.367. The molecule has 0 saturated carbocycles. The third-order valence-electron chi connectivity index (χ3n) is 3.58. The topological polar surface area (TPSA) is 55.7 Å². The van der Waals surface area contributed by atoms with Crippen LogP contribution < -0.4 is 14.9 Å². The highest BCUT2D eigenvalue weighted by molar-refractivity contribution is 9.10. The summed E-state index contributed by atoms with van der Waals surface area (Å²) in [4.78, 5) is 4.55. The van der Waals surface area contributed by atoms with Gasteiger partial charge in [0.15, 0.2) is 11.5 Å². The molecule has 0 aliphatic rings. The van der Waals surface area contributed by atoms with Gasteiger partial charge in [-0.1, -0.05) is 30.3 Å². The minimum Gasteiger partial charge on any atom is -0.493 e. The smallest absolute Gasteiger partial charge is 0.203 e. The van der Waals surface area contributed by atoms with Crippen LogP contribution in [0.1, 0.15) is 19.4 Å². The summed E-state index contributed by atoms with van der Waals surface area (Å²) >= 11 is 5.06. The number of hydrazone groups is 1. The van der Waals surface area contributed by atoms with Crippen molar-refractivity contribution in [2.45, 2.75) is 20.0 Å². The molecule has 1 N–H and O–H groups in total. The van der Waals surface area contributed by atoms with Crippen molar-refractivity contribution in [1.82, 2.24) is 4.98 Å². The number of anilines is 1. The second-order valence-electron chi connectivity index (χ2n) is 5.97. The third-order valence-corrected chi connectivity index (χ3v) is 5.02. The molecular formula is C20H20BrN3O2S. The van der Waals surface area contributed by atoms with E-state index < -0.39 is 0 Å². The monoisotopic (exact) mass is 445 g/mol. The maximum atomic E-state index is 5.77. The molecule has 27 heavy (non-hydrogen) atoms. The fourth-order valence-corrected chi connectivity index (χ4v) is 3.47. The van der Waals surface area contributed by atoms with E-state index in [9.17, 15) is 0 Å². The largest absolute Gasteiger partial charge is 0.493 e. The van der Waals surface area contributed by atoms with Gasteiger partial charge >= 0.3 is 0 Å². The number of aromatic nitrogens is 1. The second kappa shape index (κ2) is 9.01. The molecular weight excluding hydrogens is 426 g/mol. The van der Waals surface area contributed by atoms with Crippen LogP contribution in [0.25, 0.3) is 11.3 Å². The first kappa shape index (κ1) is 19.4. The van der Waals surface area contributed by atoms with Crippen LogP contribution in [0, 0.1) is 0 Å². The molecule has 5 nitrogen and oxygen atoms in total. The lowest BCUT2D eigenvalue weighted by molar-refractivity contribution is 0.230. The van der Waals surface area contributed by atoms with E-state index in [1.54, 1.807) is 13.3 Å². The molecule has 2 aromatic carbocycles. The molecule has 0 fully saturated rings. The highest BCUT2D eigenvalue weighted by Gasteiger charge is 2.11. The number of nitrogens with one attached hydrogen (secondary N) is 1. The highest BCUT2D eigenvalue weighted by Crippen LogP contribution is 2.33. The van der Waals surface area contributed by atoms with Crippen molar-refractivity contribution >= 4 is 38.6 Å². The van der Waals surface area contributed by atoms with Gasteiger partial charge in [-0.3, -0.25) is 5.43 Å². The Hall–Kier alpha value is -2.38. The molecule has 3 aromatic rings. The van der Waals surface area contributed by atoms with E-state index in [1.165, 1.54) is 11.3 Å². The normalized spacial score (nSPS) is 11.1. The average Bonchev–Trinajstić information content (AvgIpc) is 3.12. The summed E-state index contributed by atoms with van der Waals surface area (Å²) in [5, 5.41) is 7.03. The number of thiazole rings is 1. The molecule has 0 saturated heterocycles. The van der Waals surface area contributed by atoms with Crippen molar-refractivity contribution in [3.8, 4) is 22.8 Å². The zero-order valence-electron chi connectivity index (χ0n) is 15.3. The Morgan fingerprint density at radius 2 is 1.96 bits per heavy atom. The lowest BCUT2D eigenvalue weighted by Gasteiger charge is -2.14. The molecule has 0 unspecified atom stereocenters. The van der Waals surface area contributed by atoms with E-state index in [-0.39, 0.29) is 6.10 Å². The maximum Gasteiger partial charge on any atom is 0.203 e. The Morgan fingerprint density at radius 3 is 2.67 bits per heavy atom. The number of ether oxygens (including phenoxy) is 2. The SMILES string of the molecule is COc1cc(C=NNc2nc(-c3ccccc3)cs2)c(Br)cc1OC(C)C. The van der Waals surface area contributed by atoms with E-state index in [0.717, 1.165) is 26.4 Å². The molecule has 1 aromatic heterocycles. The van der Waals surface area contributed by atoms with Gasteiger partial charge in [0.1, 0.15) is 0 Å². The molecule has 0 radical (unpaired) electrons. The zero-order valence-corrected chi connectivity index (χ0v) is 17.7. The van der Waals surface area contributed by atoms with Crippen LogP contribution in [0.4, 0.5) is 5.13 Å². The highest BCUT2D eigenvalue weighted by atomic mass is 79.9. The van der Waals surface area contributed by atoms with Crippen LogP contribution in [-0.4, -0.2) is 24.4 Å². The predicted octanol–water partition coefficient (Wildman–Crippen LogP) is 5.81. The molecule has 0 bridgehead atoms. The van der Waals surface area contributed by atoms with Gasteiger partial charge in [-0.25, -0.2) is 4.98 Å². The zero-order chi connectivity index (χ0) is 19.2. The van der Waals surface area contributed by atoms with Gasteiger partial charge in [0.25, 0.3) is 0 Å². The number of halogens is 1. The molecule has 7 heteroatoms. The van der Waals surface area contributed by atoms with Gasteiger partial charge in [0.2, 0.25) is 5.13 Å². The molecule has 0 spiro atoms. The van der Waals surface area contributed by atoms with Crippen LogP contribution in [0.15, 0.2) is 57.4 Å². The Labute approximate surface area is 171 Å². The summed E-state index contributed by atoms with van der Waals surface area (Å²) in [6.45, 7) is 3.95. The lowest BCUT2D eigenvalue weighted by atomic mass is 10.2. The van der Waals surface area contributed by atoms with Gasteiger partial charge in [-0.15, -0.1) is 11.3 Å².